The topological polar surface area (TPSA) is 105 Å². The fraction of sp³-hybridized carbons (Fsp3) is 0.500. The zero-order valence-corrected chi connectivity index (χ0v) is 22.6. The summed E-state index contributed by atoms with van der Waals surface area (Å²) in [6, 6.07) is 19.1. The molecule has 0 bridgehead atoms. The highest BCUT2D eigenvalue weighted by Gasteiger charge is 2.53. The molecular formula is C30H40N4O4. The van der Waals surface area contributed by atoms with Gasteiger partial charge in [-0.3, -0.25) is 14.5 Å². The van der Waals surface area contributed by atoms with Gasteiger partial charge in [0, 0.05) is 32.6 Å². The van der Waals surface area contributed by atoms with Crippen LogP contribution in [0.1, 0.15) is 50.2 Å². The first-order chi connectivity index (χ1) is 18.2. The first kappa shape index (κ1) is 28.0. The lowest BCUT2D eigenvalue weighted by atomic mass is 9.69. The van der Waals surface area contributed by atoms with Crippen LogP contribution in [0.4, 0.5) is 0 Å². The van der Waals surface area contributed by atoms with Gasteiger partial charge in [-0.25, -0.2) is 0 Å². The third-order valence-electron chi connectivity index (χ3n) is 7.97. The number of nitrogens with one attached hydrogen (secondary N) is 1. The Kier molecular flexibility index (Phi) is 8.65. The van der Waals surface area contributed by atoms with Crippen LogP contribution in [-0.2, 0) is 25.7 Å². The Morgan fingerprint density at radius 3 is 2.42 bits per heavy atom. The van der Waals surface area contributed by atoms with Crippen molar-refractivity contribution in [3.63, 3.8) is 0 Å². The van der Waals surface area contributed by atoms with Gasteiger partial charge in [0.05, 0.1) is 17.6 Å². The van der Waals surface area contributed by atoms with Crippen LogP contribution in [-0.4, -0.2) is 72.4 Å². The van der Waals surface area contributed by atoms with Crippen LogP contribution >= 0.6 is 0 Å². The second-order valence-corrected chi connectivity index (χ2v) is 11.2. The number of nitrogens with two attached hydrogens (primary N) is 1. The van der Waals surface area contributed by atoms with Crippen LogP contribution in [0, 0.1) is 5.41 Å². The molecule has 2 heterocycles. The number of carbonyl (C=O) groups is 3. The number of rotatable bonds is 9. The number of likely N-dealkylation sites (N-methyl/N-ethyl adjacent to an activating group) is 1. The molecule has 0 aromatic heterocycles. The number of ether oxygens (including phenoxy) is 1. The second-order valence-electron chi connectivity index (χ2n) is 11.2. The smallest absolute Gasteiger partial charge is 0.240 e. The van der Waals surface area contributed by atoms with Gasteiger partial charge in [0.1, 0.15) is 18.6 Å². The summed E-state index contributed by atoms with van der Waals surface area (Å²) in [6.07, 6.45) is 2.20. The summed E-state index contributed by atoms with van der Waals surface area (Å²) in [7, 11) is 1.88. The number of carbonyl (C=O) groups excluding carboxylic acids is 3. The van der Waals surface area contributed by atoms with Crippen LogP contribution in [0.3, 0.4) is 0 Å². The molecule has 0 radical (unpaired) electrons. The van der Waals surface area contributed by atoms with Gasteiger partial charge in [-0.1, -0.05) is 60.7 Å². The Morgan fingerprint density at radius 1 is 1.13 bits per heavy atom. The summed E-state index contributed by atoms with van der Waals surface area (Å²) in [4.78, 5) is 42.6. The van der Waals surface area contributed by atoms with Crippen molar-refractivity contribution in [2.24, 2.45) is 11.1 Å². The minimum Gasteiger partial charge on any atom is -0.356 e. The van der Waals surface area contributed by atoms with E-state index >= 15 is 0 Å². The molecule has 0 aliphatic carbocycles. The van der Waals surface area contributed by atoms with Crippen molar-refractivity contribution in [3.05, 3.63) is 71.8 Å². The Hall–Kier alpha value is -3.07. The lowest BCUT2D eigenvalue weighted by Gasteiger charge is -2.36. The van der Waals surface area contributed by atoms with Crippen LogP contribution < -0.4 is 11.1 Å². The molecule has 4 atom stereocenters. The van der Waals surface area contributed by atoms with Crippen molar-refractivity contribution in [2.45, 2.75) is 63.4 Å². The number of aldehydes is 1. The van der Waals surface area contributed by atoms with Crippen molar-refractivity contribution >= 4 is 18.1 Å². The molecule has 2 amide bonds. The molecule has 8 nitrogen and oxygen atoms in total. The van der Waals surface area contributed by atoms with Crippen molar-refractivity contribution in [3.8, 4) is 0 Å². The third kappa shape index (κ3) is 5.98. The summed E-state index contributed by atoms with van der Waals surface area (Å²) < 4.78 is 6.34. The third-order valence-corrected chi connectivity index (χ3v) is 7.97. The fourth-order valence-electron chi connectivity index (χ4n) is 5.87. The Balaban J connectivity index is 1.59. The Bertz CT molecular complexity index is 1100. The van der Waals surface area contributed by atoms with Crippen molar-refractivity contribution in [1.82, 2.24) is 15.1 Å². The van der Waals surface area contributed by atoms with Crippen LogP contribution in [0.2, 0.25) is 0 Å². The molecule has 2 aliphatic rings. The van der Waals surface area contributed by atoms with Crippen LogP contribution in [0.25, 0.3) is 0 Å². The minimum absolute atomic E-state index is 0.101. The number of hydrogen-bond acceptors (Lipinski definition) is 6. The van der Waals surface area contributed by atoms with E-state index in [0.29, 0.717) is 26.1 Å². The lowest BCUT2D eigenvalue weighted by Crippen LogP contribution is -2.59. The second kappa shape index (κ2) is 11.8. The molecule has 3 unspecified atom stereocenters. The van der Waals surface area contributed by atoms with E-state index in [1.165, 1.54) is 5.56 Å². The molecular weight excluding hydrogens is 480 g/mol. The first-order valence-corrected chi connectivity index (χ1v) is 13.4. The monoisotopic (exact) mass is 520 g/mol. The van der Waals surface area contributed by atoms with Gasteiger partial charge in [-0.15, -0.1) is 0 Å². The highest BCUT2D eigenvalue weighted by atomic mass is 16.5. The van der Waals surface area contributed by atoms with Gasteiger partial charge in [0.15, 0.2) is 0 Å². The maximum Gasteiger partial charge on any atom is 0.240 e. The van der Waals surface area contributed by atoms with E-state index in [-0.39, 0.29) is 18.4 Å². The van der Waals surface area contributed by atoms with Gasteiger partial charge in [-0.05, 0) is 44.2 Å². The molecule has 204 valence electrons. The Morgan fingerprint density at radius 2 is 1.79 bits per heavy atom. The summed E-state index contributed by atoms with van der Waals surface area (Å²) in [5.41, 5.74) is 6.50. The zero-order valence-electron chi connectivity index (χ0n) is 22.6. The van der Waals surface area contributed by atoms with Crippen molar-refractivity contribution < 1.29 is 19.1 Å². The predicted octanol–water partition coefficient (Wildman–Crippen LogP) is 2.68. The highest BCUT2D eigenvalue weighted by Crippen LogP contribution is 2.50. The molecule has 2 aliphatic heterocycles. The minimum atomic E-state index is -1.14. The highest BCUT2D eigenvalue weighted by molar-refractivity contribution is 5.87. The molecule has 38 heavy (non-hydrogen) atoms. The summed E-state index contributed by atoms with van der Waals surface area (Å²) in [6.45, 7) is 5.39. The number of benzene rings is 2. The van der Waals surface area contributed by atoms with Crippen molar-refractivity contribution in [2.75, 3.05) is 26.7 Å². The van der Waals surface area contributed by atoms with Gasteiger partial charge >= 0.3 is 0 Å². The predicted molar refractivity (Wildman–Crippen MR) is 146 cm³/mol. The molecule has 2 aromatic rings. The van der Waals surface area contributed by atoms with Gasteiger partial charge in [0.2, 0.25) is 11.8 Å². The molecule has 0 saturated carbocycles. The molecule has 2 fully saturated rings. The van der Waals surface area contributed by atoms with E-state index in [2.05, 4.69) is 22.3 Å². The Labute approximate surface area is 225 Å². The molecule has 2 aromatic carbocycles. The standard InChI is InChI=1S/C30H40N4O4/c1-29(2,31)27(36)32-25(20-35)26(38-21-22-11-6-4-7-12-22)34-17-10-15-30(16-18-34)24(19-33(3)28(30)37)23-13-8-5-9-14-23/h4-9,11-14,20,24-26H,10,15-19,21,31H2,1-3H3,(H,32,36)/t24?,25-,26?,30?/m0/s1. The van der Waals surface area contributed by atoms with Gasteiger partial charge in [-0.2, -0.15) is 0 Å². The van der Waals surface area contributed by atoms with E-state index in [1.54, 1.807) is 13.8 Å². The SMILES string of the molecule is CN1CC(c2ccccc2)C2(CCCN(C(OCc3ccccc3)[C@H](C=O)NC(=O)C(C)(C)N)CC2)C1=O. The number of amides is 2. The van der Waals surface area contributed by atoms with E-state index in [4.69, 9.17) is 10.5 Å². The van der Waals surface area contributed by atoms with E-state index < -0.39 is 29.1 Å². The maximum absolute atomic E-state index is 13.6. The van der Waals surface area contributed by atoms with Crippen molar-refractivity contribution in [1.29, 1.82) is 0 Å². The van der Waals surface area contributed by atoms with Crippen LogP contribution in [0.15, 0.2) is 60.7 Å². The molecule has 8 heteroatoms. The van der Waals surface area contributed by atoms with E-state index in [0.717, 1.165) is 24.7 Å². The molecule has 1 spiro atoms. The largest absolute Gasteiger partial charge is 0.356 e. The molecule has 3 N–H and O–H groups in total. The zero-order chi connectivity index (χ0) is 27.3. The quantitative estimate of drug-likeness (QED) is 0.493. The first-order valence-electron chi connectivity index (χ1n) is 13.4. The van der Waals surface area contributed by atoms with Gasteiger partial charge < -0.3 is 25.5 Å². The number of hydrogen-bond donors (Lipinski definition) is 2. The van der Waals surface area contributed by atoms with Crippen LogP contribution in [0.5, 0.6) is 0 Å². The summed E-state index contributed by atoms with van der Waals surface area (Å²) in [5, 5.41) is 2.80. The lowest BCUT2D eigenvalue weighted by molar-refractivity contribution is -0.138. The van der Waals surface area contributed by atoms with Gasteiger partial charge in [0.25, 0.3) is 0 Å². The normalized spacial score (nSPS) is 24.2. The fourth-order valence-corrected chi connectivity index (χ4v) is 5.87. The molecule has 2 saturated heterocycles. The maximum atomic E-state index is 13.6. The number of nitrogens with zero attached hydrogens (tertiary/aromatic N) is 2. The summed E-state index contributed by atoms with van der Waals surface area (Å²) >= 11 is 0. The average molecular weight is 521 g/mol. The van der Waals surface area contributed by atoms with E-state index in [1.807, 2.05) is 60.5 Å². The van der Waals surface area contributed by atoms with E-state index in [9.17, 15) is 14.4 Å². The summed E-state index contributed by atoms with van der Waals surface area (Å²) in [5.74, 6) is -0.143. The molecule has 4 rings (SSSR count). The average Bonchev–Trinajstić information content (AvgIpc) is 3.04. The number of likely N-dealkylation sites (tertiary alicyclic amines) is 2.